The van der Waals surface area contributed by atoms with Crippen molar-refractivity contribution in [2.75, 3.05) is 11.6 Å². The number of aryl methyl sites for hydroxylation is 1. The summed E-state index contributed by atoms with van der Waals surface area (Å²) in [5.74, 6) is -0.376. The summed E-state index contributed by atoms with van der Waals surface area (Å²) in [6.45, 7) is 3.36. The van der Waals surface area contributed by atoms with E-state index in [1.165, 1.54) is 30.5 Å². The van der Waals surface area contributed by atoms with Gasteiger partial charge in [0.2, 0.25) is 0 Å². The molecule has 0 bridgehead atoms. The number of thiazole rings is 1. The van der Waals surface area contributed by atoms with E-state index in [1.807, 2.05) is 13.2 Å². The molecule has 2 aromatic rings. The van der Waals surface area contributed by atoms with Gasteiger partial charge in [0.15, 0.2) is 10.9 Å². The molecule has 2 heterocycles. The van der Waals surface area contributed by atoms with E-state index in [0.717, 1.165) is 9.90 Å². The summed E-state index contributed by atoms with van der Waals surface area (Å²) < 4.78 is 1.08. The summed E-state index contributed by atoms with van der Waals surface area (Å²) in [5.41, 5.74) is 1.75. The van der Waals surface area contributed by atoms with Gasteiger partial charge < -0.3 is 4.98 Å². The third kappa shape index (κ3) is 3.05. The van der Waals surface area contributed by atoms with Crippen molar-refractivity contribution in [3.05, 3.63) is 29.2 Å². The predicted octanol–water partition coefficient (Wildman–Crippen LogP) is 2.96. The van der Waals surface area contributed by atoms with Crippen LogP contribution in [-0.2, 0) is 0 Å². The van der Waals surface area contributed by atoms with Crippen LogP contribution in [0.4, 0.5) is 5.13 Å². The molecule has 0 saturated heterocycles. The summed E-state index contributed by atoms with van der Waals surface area (Å²) in [4.78, 5) is 30.2. The van der Waals surface area contributed by atoms with E-state index in [0.29, 0.717) is 16.4 Å². The number of hydrogen-bond acceptors (Lipinski definition) is 5. The zero-order valence-electron chi connectivity index (χ0n) is 10.7. The van der Waals surface area contributed by atoms with Crippen LogP contribution in [0.3, 0.4) is 0 Å². The molecule has 0 unspecified atom stereocenters. The highest BCUT2D eigenvalue weighted by Crippen LogP contribution is 2.30. The molecule has 0 fully saturated rings. The summed E-state index contributed by atoms with van der Waals surface area (Å²) in [6.07, 6.45) is 3.49. The quantitative estimate of drug-likeness (QED) is 0.671. The maximum Gasteiger partial charge on any atom is 0.273 e. The van der Waals surface area contributed by atoms with Gasteiger partial charge in [0.25, 0.3) is 5.91 Å². The molecule has 0 spiro atoms. The highest BCUT2D eigenvalue weighted by molar-refractivity contribution is 8.00. The molecule has 0 saturated carbocycles. The molecule has 0 atom stereocenters. The number of nitrogens with one attached hydrogen (secondary N) is 2. The van der Waals surface area contributed by atoms with Gasteiger partial charge in [-0.05, 0) is 26.2 Å². The van der Waals surface area contributed by atoms with Crippen molar-refractivity contribution in [2.45, 2.75) is 18.1 Å². The molecular formula is C12H13N3O2S2. The second-order valence-electron chi connectivity index (χ2n) is 3.91. The molecule has 19 heavy (non-hydrogen) atoms. The second-order valence-corrected chi connectivity index (χ2v) is 5.98. The second kappa shape index (κ2) is 5.58. The first kappa shape index (κ1) is 13.8. The molecule has 5 nitrogen and oxygen atoms in total. The van der Waals surface area contributed by atoms with Gasteiger partial charge in [0, 0.05) is 11.8 Å². The third-order valence-corrected chi connectivity index (χ3v) is 4.78. The van der Waals surface area contributed by atoms with E-state index in [1.54, 1.807) is 11.8 Å². The molecule has 1 amide bonds. The molecule has 7 heteroatoms. The fourth-order valence-corrected chi connectivity index (χ4v) is 3.12. The van der Waals surface area contributed by atoms with E-state index >= 15 is 0 Å². The van der Waals surface area contributed by atoms with Crippen molar-refractivity contribution in [2.24, 2.45) is 0 Å². The lowest BCUT2D eigenvalue weighted by atomic mass is 10.2. The monoisotopic (exact) mass is 295 g/mol. The van der Waals surface area contributed by atoms with Crippen LogP contribution < -0.4 is 5.32 Å². The van der Waals surface area contributed by atoms with Gasteiger partial charge in [-0.15, -0.1) is 11.8 Å². The van der Waals surface area contributed by atoms with Gasteiger partial charge in [-0.1, -0.05) is 11.3 Å². The number of aromatic amines is 1. The Kier molecular flexibility index (Phi) is 4.06. The minimum atomic E-state index is -0.297. The Hall–Kier alpha value is -1.60. The van der Waals surface area contributed by atoms with Gasteiger partial charge in [-0.2, -0.15) is 0 Å². The van der Waals surface area contributed by atoms with Crippen molar-refractivity contribution in [3.63, 3.8) is 0 Å². The van der Waals surface area contributed by atoms with Gasteiger partial charge in [-0.25, -0.2) is 4.98 Å². The maximum atomic E-state index is 12.0. The largest absolute Gasteiger partial charge is 0.356 e. The topological polar surface area (TPSA) is 74.8 Å². The molecule has 2 N–H and O–H groups in total. The smallest absolute Gasteiger partial charge is 0.273 e. The summed E-state index contributed by atoms with van der Waals surface area (Å²) in [6, 6.07) is 1.54. The Morgan fingerprint density at radius 2 is 2.21 bits per heavy atom. The van der Waals surface area contributed by atoms with Crippen molar-refractivity contribution < 1.29 is 9.59 Å². The van der Waals surface area contributed by atoms with Crippen molar-refractivity contribution in [1.29, 1.82) is 0 Å². The van der Waals surface area contributed by atoms with Crippen LogP contribution in [0.1, 0.15) is 33.5 Å². The van der Waals surface area contributed by atoms with Crippen LogP contribution in [0.15, 0.2) is 16.5 Å². The molecule has 0 aliphatic heterocycles. The van der Waals surface area contributed by atoms with Gasteiger partial charge in [0.05, 0.1) is 9.90 Å². The molecule has 0 aliphatic carbocycles. The highest BCUT2D eigenvalue weighted by atomic mass is 32.2. The average molecular weight is 295 g/mol. The number of hydrogen-bond donors (Lipinski definition) is 2. The van der Waals surface area contributed by atoms with Crippen LogP contribution in [0.5, 0.6) is 0 Å². The van der Waals surface area contributed by atoms with E-state index in [4.69, 9.17) is 0 Å². The molecule has 0 aliphatic rings. The van der Waals surface area contributed by atoms with Crippen LogP contribution >= 0.6 is 23.1 Å². The molecule has 0 aromatic carbocycles. The first-order chi connectivity index (χ1) is 9.01. The lowest BCUT2D eigenvalue weighted by Gasteiger charge is -1.97. The summed E-state index contributed by atoms with van der Waals surface area (Å²) in [5, 5.41) is 3.28. The fourth-order valence-electron chi connectivity index (χ4n) is 1.52. The fraction of sp³-hybridized carbons (Fsp3) is 0.250. The zero-order chi connectivity index (χ0) is 14.0. The van der Waals surface area contributed by atoms with Crippen molar-refractivity contribution in [1.82, 2.24) is 9.97 Å². The zero-order valence-corrected chi connectivity index (χ0v) is 12.4. The average Bonchev–Trinajstić information content (AvgIpc) is 2.95. The number of Topliss-reactive ketones (excluding diaryl/α,β-unsaturated/α-hetero) is 1. The lowest BCUT2D eigenvalue weighted by Crippen LogP contribution is -2.11. The summed E-state index contributed by atoms with van der Waals surface area (Å²) in [7, 11) is 0. The Balaban J connectivity index is 2.13. The van der Waals surface area contributed by atoms with E-state index in [2.05, 4.69) is 15.3 Å². The number of thioether (sulfide) groups is 1. The number of aromatic nitrogens is 2. The van der Waals surface area contributed by atoms with Crippen molar-refractivity contribution >= 4 is 39.9 Å². The number of carbonyl (C=O) groups is 2. The number of rotatable bonds is 4. The predicted molar refractivity (Wildman–Crippen MR) is 77.4 cm³/mol. The Morgan fingerprint density at radius 3 is 2.74 bits per heavy atom. The van der Waals surface area contributed by atoms with E-state index < -0.39 is 0 Å². The number of nitrogens with zero attached hydrogens (tertiary/aromatic N) is 1. The Labute approximate surface area is 118 Å². The third-order valence-electron chi connectivity index (χ3n) is 2.49. The van der Waals surface area contributed by atoms with E-state index in [-0.39, 0.29) is 11.7 Å². The van der Waals surface area contributed by atoms with Crippen molar-refractivity contribution in [3.8, 4) is 0 Å². The number of amides is 1. The summed E-state index contributed by atoms with van der Waals surface area (Å²) >= 11 is 3.03. The van der Waals surface area contributed by atoms with Crippen LogP contribution in [-0.4, -0.2) is 27.9 Å². The minimum Gasteiger partial charge on any atom is -0.356 e. The number of H-pyrrole nitrogens is 1. The van der Waals surface area contributed by atoms with Crippen LogP contribution in [0.2, 0.25) is 0 Å². The number of ketones is 1. The maximum absolute atomic E-state index is 12.0. The Morgan fingerprint density at radius 1 is 1.47 bits per heavy atom. The highest BCUT2D eigenvalue weighted by Gasteiger charge is 2.14. The van der Waals surface area contributed by atoms with Gasteiger partial charge >= 0.3 is 0 Å². The van der Waals surface area contributed by atoms with E-state index in [9.17, 15) is 9.59 Å². The molecular weight excluding hydrogens is 282 g/mol. The molecule has 2 aromatic heterocycles. The standard InChI is InChI=1S/C12H13N3O2S2/c1-6-11(18-3)19-12(14-6)15-10(17)9-4-8(5-13-9)7(2)16/h4-5,13H,1-3H3,(H,14,15,17). The lowest BCUT2D eigenvalue weighted by molar-refractivity contribution is 0.101. The Bertz CT molecular complexity index is 631. The van der Waals surface area contributed by atoms with Crippen LogP contribution in [0.25, 0.3) is 0 Å². The van der Waals surface area contributed by atoms with Crippen LogP contribution in [0, 0.1) is 6.92 Å². The minimum absolute atomic E-state index is 0.0786. The first-order valence-corrected chi connectivity index (χ1v) is 7.57. The first-order valence-electron chi connectivity index (χ1n) is 5.53. The van der Waals surface area contributed by atoms with Gasteiger partial charge in [-0.3, -0.25) is 14.9 Å². The SMILES string of the molecule is CSc1sc(NC(=O)c2cc(C(C)=O)c[nH]2)nc1C. The molecule has 0 radical (unpaired) electrons. The number of carbonyl (C=O) groups excluding carboxylic acids is 2. The number of anilines is 1. The molecule has 2 rings (SSSR count). The van der Waals surface area contributed by atoms with Gasteiger partial charge in [0.1, 0.15) is 5.69 Å². The normalized spacial score (nSPS) is 10.5. The molecule has 100 valence electrons.